The Morgan fingerprint density at radius 3 is 2.57 bits per heavy atom. The number of nitrogens with one attached hydrogen (secondary N) is 2. The van der Waals surface area contributed by atoms with Gasteiger partial charge in [-0.3, -0.25) is 4.99 Å². The lowest BCUT2D eigenvalue weighted by Gasteiger charge is -2.16. The summed E-state index contributed by atoms with van der Waals surface area (Å²) in [5, 5.41) is 7.44. The minimum Gasteiger partial charge on any atom is -0.356 e. The van der Waals surface area contributed by atoms with Crippen LogP contribution in [0, 0.1) is 0 Å². The molecule has 1 aromatic carbocycles. The van der Waals surface area contributed by atoms with Crippen LogP contribution in [0.2, 0.25) is 5.02 Å². The fourth-order valence-electron chi connectivity index (χ4n) is 2.52. The average Bonchev–Trinajstić information content (AvgIpc) is 3.01. The smallest absolute Gasteiger partial charge is 0.191 e. The maximum absolute atomic E-state index is 5.88. The van der Waals surface area contributed by atoms with Gasteiger partial charge >= 0.3 is 0 Å². The molecule has 0 aromatic heterocycles. The number of hydrogen-bond acceptors (Lipinski definition) is 2. The van der Waals surface area contributed by atoms with Gasteiger partial charge < -0.3 is 15.5 Å². The number of halogens is 1. The van der Waals surface area contributed by atoms with Gasteiger partial charge in [0.1, 0.15) is 0 Å². The zero-order chi connectivity index (χ0) is 14.9. The van der Waals surface area contributed by atoms with Gasteiger partial charge in [-0.15, -0.1) is 0 Å². The Balaban J connectivity index is 1.62. The maximum Gasteiger partial charge on any atom is 0.191 e. The molecule has 5 heteroatoms. The summed E-state index contributed by atoms with van der Waals surface area (Å²) in [4.78, 5) is 6.78. The van der Waals surface area contributed by atoms with Crippen LogP contribution in [0.15, 0.2) is 29.3 Å². The molecule has 1 heterocycles. The molecule has 0 radical (unpaired) electrons. The van der Waals surface area contributed by atoms with Crippen LogP contribution in [0.3, 0.4) is 0 Å². The monoisotopic (exact) mass is 308 g/mol. The molecule has 0 aliphatic carbocycles. The zero-order valence-electron chi connectivity index (χ0n) is 12.7. The van der Waals surface area contributed by atoms with E-state index in [2.05, 4.69) is 20.5 Å². The van der Waals surface area contributed by atoms with Crippen molar-refractivity contribution in [2.75, 3.05) is 33.2 Å². The van der Waals surface area contributed by atoms with Crippen molar-refractivity contribution < 1.29 is 0 Å². The van der Waals surface area contributed by atoms with Gasteiger partial charge in [0.05, 0.1) is 0 Å². The van der Waals surface area contributed by atoms with Gasteiger partial charge in [-0.25, -0.2) is 0 Å². The SMILES string of the molecule is CN=C(NCCCN1CCCC1)NCc1ccc(Cl)cc1. The first kappa shape index (κ1) is 16.1. The molecule has 21 heavy (non-hydrogen) atoms. The van der Waals surface area contributed by atoms with Crippen LogP contribution < -0.4 is 10.6 Å². The molecular weight excluding hydrogens is 284 g/mol. The summed E-state index contributed by atoms with van der Waals surface area (Å²) in [5.41, 5.74) is 1.19. The van der Waals surface area contributed by atoms with Gasteiger partial charge in [-0.2, -0.15) is 0 Å². The Morgan fingerprint density at radius 1 is 1.19 bits per heavy atom. The molecule has 1 aliphatic rings. The van der Waals surface area contributed by atoms with Crippen LogP contribution in [0.5, 0.6) is 0 Å². The number of hydrogen-bond donors (Lipinski definition) is 2. The van der Waals surface area contributed by atoms with Crippen molar-refractivity contribution in [2.45, 2.75) is 25.8 Å². The summed E-state index contributed by atoms with van der Waals surface area (Å²) in [7, 11) is 1.80. The molecule has 0 bridgehead atoms. The van der Waals surface area contributed by atoms with Crippen molar-refractivity contribution in [1.29, 1.82) is 0 Å². The molecule has 4 nitrogen and oxygen atoms in total. The highest BCUT2D eigenvalue weighted by molar-refractivity contribution is 6.30. The van der Waals surface area contributed by atoms with E-state index in [0.717, 1.165) is 30.5 Å². The Hall–Kier alpha value is -1.26. The van der Waals surface area contributed by atoms with Crippen molar-refractivity contribution in [1.82, 2.24) is 15.5 Å². The molecule has 1 aromatic rings. The van der Waals surface area contributed by atoms with Gasteiger partial charge in [0.25, 0.3) is 0 Å². The predicted octanol–water partition coefficient (Wildman–Crippen LogP) is 2.49. The summed E-state index contributed by atoms with van der Waals surface area (Å²) in [6.45, 7) is 5.42. The highest BCUT2D eigenvalue weighted by Crippen LogP contribution is 2.09. The zero-order valence-corrected chi connectivity index (χ0v) is 13.5. The van der Waals surface area contributed by atoms with E-state index in [0.29, 0.717) is 0 Å². The standard InChI is InChI=1S/C16H25ClN4/c1-18-16(19-9-4-12-21-10-2-3-11-21)20-13-14-5-7-15(17)8-6-14/h5-8H,2-4,9-13H2,1H3,(H2,18,19,20). The molecule has 0 amide bonds. The van der Waals surface area contributed by atoms with Crippen LogP contribution in [-0.2, 0) is 6.54 Å². The Labute approximate surface area is 132 Å². The van der Waals surface area contributed by atoms with Crippen LogP contribution >= 0.6 is 11.6 Å². The number of nitrogens with zero attached hydrogens (tertiary/aromatic N) is 2. The van der Waals surface area contributed by atoms with Crippen molar-refractivity contribution in [3.63, 3.8) is 0 Å². The molecule has 116 valence electrons. The second-order valence-corrected chi connectivity index (χ2v) is 5.82. The first-order valence-electron chi connectivity index (χ1n) is 7.69. The number of rotatable bonds is 6. The Kier molecular flexibility index (Phi) is 6.83. The minimum absolute atomic E-state index is 0.753. The third-order valence-corrected chi connectivity index (χ3v) is 3.99. The van der Waals surface area contributed by atoms with E-state index in [1.54, 1.807) is 7.05 Å². The van der Waals surface area contributed by atoms with E-state index in [9.17, 15) is 0 Å². The van der Waals surface area contributed by atoms with Crippen molar-refractivity contribution in [3.8, 4) is 0 Å². The fourth-order valence-corrected chi connectivity index (χ4v) is 2.65. The fraction of sp³-hybridized carbons (Fsp3) is 0.562. The second kappa shape index (κ2) is 8.90. The lowest BCUT2D eigenvalue weighted by molar-refractivity contribution is 0.334. The molecule has 2 rings (SSSR count). The lowest BCUT2D eigenvalue weighted by Crippen LogP contribution is -2.38. The topological polar surface area (TPSA) is 39.7 Å². The number of likely N-dealkylation sites (tertiary alicyclic amines) is 1. The van der Waals surface area contributed by atoms with Crippen molar-refractivity contribution in [2.24, 2.45) is 4.99 Å². The summed E-state index contributed by atoms with van der Waals surface area (Å²) in [6, 6.07) is 7.86. The van der Waals surface area contributed by atoms with Gasteiger partial charge in [-0.05, 0) is 56.6 Å². The van der Waals surface area contributed by atoms with Crippen LogP contribution in [0.4, 0.5) is 0 Å². The van der Waals surface area contributed by atoms with Gasteiger partial charge in [0.2, 0.25) is 0 Å². The molecule has 1 saturated heterocycles. The molecule has 0 spiro atoms. The van der Waals surface area contributed by atoms with Crippen LogP contribution in [0.1, 0.15) is 24.8 Å². The summed E-state index contributed by atoms with van der Waals surface area (Å²) < 4.78 is 0. The summed E-state index contributed by atoms with van der Waals surface area (Å²) in [6.07, 6.45) is 3.87. The molecule has 0 saturated carbocycles. The van der Waals surface area contributed by atoms with Crippen molar-refractivity contribution in [3.05, 3.63) is 34.9 Å². The predicted molar refractivity (Wildman–Crippen MR) is 89.9 cm³/mol. The first-order valence-corrected chi connectivity index (χ1v) is 8.07. The molecular formula is C16H25ClN4. The second-order valence-electron chi connectivity index (χ2n) is 5.38. The highest BCUT2D eigenvalue weighted by atomic mass is 35.5. The third-order valence-electron chi connectivity index (χ3n) is 3.74. The average molecular weight is 309 g/mol. The highest BCUT2D eigenvalue weighted by Gasteiger charge is 2.10. The normalized spacial score (nSPS) is 16.2. The summed E-state index contributed by atoms with van der Waals surface area (Å²) in [5.74, 6) is 0.853. The van der Waals surface area contributed by atoms with Crippen LogP contribution in [0.25, 0.3) is 0 Å². The number of guanidine groups is 1. The van der Waals surface area contributed by atoms with E-state index >= 15 is 0 Å². The number of benzene rings is 1. The maximum atomic E-state index is 5.88. The van der Waals surface area contributed by atoms with E-state index in [1.165, 1.54) is 38.0 Å². The van der Waals surface area contributed by atoms with E-state index in [-0.39, 0.29) is 0 Å². The quantitative estimate of drug-likeness (QED) is 0.482. The van der Waals surface area contributed by atoms with Gasteiger partial charge in [0.15, 0.2) is 5.96 Å². The molecule has 2 N–H and O–H groups in total. The minimum atomic E-state index is 0.753. The van der Waals surface area contributed by atoms with Gasteiger partial charge in [-0.1, -0.05) is 23.7 Å². The van der Waals surface area contributed by atoms with Crippen molar-refractivity contribution >= 4 is 17.6 Å². The van der Waals surface area contributed by atoms with E-state index < -0.39 is 0 Å². The largest absolute Gasteiger partial charge is 0.356 e. The van der Waals surface area contributed by atoms with E-state index in [1.807, 2.05) is 24.3 Å². The Morgan fingerprint density at radius 2 is 1.90 bits per heavy atom. The summed E-state index contributed by atoms with van der Waals surface area (Å²) >= 11 is 5.88. The van der Waals surface area contributed by atoms with Gasteiger partial charge in [0, 0.05) is 25.2 Å². The van der Waals surface area contributed by atoms with E-state index in [4.69, 9.17) is 11.6 Å². The third kappa shape index (κ3) is 5.94. The molecule has 0 atom stereocenters. The Bertz CT molecular complexity index is 438. The molecule has 0 unspecified atom stereocenters. The lowest BCUT2D eigenvalue weighted by atomic mass is 10.2. The van der Waals surface area contributed by atoms with Crippen LogP contribution in [-0.4, -0.2) is 44.1 Å². The number of aliphatic imine (C=N–C) groups is 1. The first-order chi connectivity index (χ1) is 10.3. The molecule has 1 fully saturated rings. The molecule has 1 aliphatic heterocycles.